The van der Waals surface area contributed by atoms with Crippen molar-refractivity contribution in [1.29, 1.82) is 0 Å². The summed E-state index contributed by atoms with van der Waals surface area (Å²) in [6, 6.07) is 0. The van der Waals surface area contributed by atoms with Gasteiger partial charge in [-0.25, -0.2) is 0 Å². The Hall–Kier alpha value is 1.44. The van der Waals surface area contributed by atoms with Gasteiger partial charge in [0.05, 0.1) is 0 Å². The third-order valence-electron chi connectivity index (χ3n) is 3.45. The fourth-order valence-corrected chi connectivity index (χ4v) is 15.8. The van der Waals surface area contributed by atoms with Crippen molar-refractivity contribution in [2.24, 2.45) is 0 Å². The van der Waals surface area contributed by atoms with Gasteiger partial charge in [-0.3, -0.25) is 0 Å². The smallest absolute Gasteiger partial charge is 1.00 e. The number of halogens is 4. The van der Waals surface area contributed by atoms with Gasteiger partial charge in [0.1, 0.15) is 0 Å². The summed E-state index contributed by atoms with van der Waals surface area (Å²) in [6.45, 7) is 8.95. The second-order valence-corrected chi connectivity index (χ2v) is 22.3. The van der Waals surface area contributed by atoms with Crippen molar-refractivity contribution in [2.75, 3.05) is 0 Å². The Morgan fingerprint density at radius 1 is 0.810 bits per heavy atom. The quantitative estimate of drug-likeness (QED) is 0.378. The van der Waals surface area contributed by atoms with E-state index in [1.807, 2.05) is 0 Å². The van der Waals surface area contributed by atoms with Crippen molar-refractivity contribution in [2.45, 2.75) is 39.0 Å². The first-order chi connectivity index (χ1) is 8.69. The summed E-state index contributed by atoms with van der Waals surface area (Å²) < 4.78 is 3.39. The topological polar surface area (TPSA) is 0 Å². The molecule has 0 aromatic carbocycles. The predicted molar refractivity (Wildman–Crippen MR) is 88.2 cm³/mol. The van der Waals surface area contributed by atoms with Crippen LogP contribution in [0.4, 0.5) is 0 Å². The molecule has 0 nitrogen and oxygen atoms in total. The number of allylic oxidation sites excluding steroid dienone is 8. The van der Waals surface area contributed by atoms with E-state index < -0.39 is 38.0 Å². The van der Waals surface area contributed by atoms with Gasteiger partial charge in [-0.2, -0.15) is 0 Å². The Kier molecular flexibility index (Phi) is 9.09. The molecule has 2 aliphatic carbocycles. The molecule has 0 spiro atoms. The second-order valence-electron chi connectivity index (χ2n) is 6.07. The predicted octanol–water partition coefficient (Wildman–Crippen LogP) is -0.529. The SMILES string of the molecule is C[Si](C)(Cl)C1=[C]([Zr+2][C]2=C([Si](C)(C)Cl)C=CC2)CC=C1.[Cl-].[Cl-]. The van der Waals surface area contributed by atoms with Gasteiger partial charge in [-0.05, 0) is 0 Å². The molecule has 0 fully saturated rings. The maximum absolute atomic E-state index is 6.65. The van der Waals surface area contributed by atoms with Crippen molar-refractivity contribution < 1.29 is 48.0 Å². The molecule has 0 radical (unpaired) electrons. The molecule has 0 saturated carbocycles. The average Bonchev–Trinajstić information content (AvgIpc) is 2.83. The van der Waals surface area contributed by atoms with E-state index in [2.05, 4.69) is 50.5 Å². The second kappa shape index (κ2) is 8.51. The molecule has 2 rings (SSSR count). The summed E-state index contributed by atoms with van der Waals surface area (Å²) >= 11 is 12.6. The summed E-state index contributed by atoms with van der Waals surface area (Å²) in [7, 11) is -3.37. The first-order valence-electron chi connectivity index (χ1n) is 6.65. The van der Waals surface area contributed by atoms with E-state index in [1.165, 1.54) is 10.4 Å². The van der Waals surface area contributed by atoms with Crippen LogP contribution < -0.4 is 24.8 Å². The maximum Gasteiger partial charge on any atom is -1.00 e. The van der Waals surface area contributed by atoms with Crippen LogP contribution in [0.5, 0.6) is 0 Å². The largest absolute Gasteiger partial charge is 1.00 e. The number of hydrogen-bond donors (Lipinski definition) is 0. The Balaban J connectivity index is 0.00000200. The van der Waals surface area contributed by atoms with Crippen LogP contribution in [-0.2, 0) is 23.2 Å². The third-order valence-corrected chi connectivity index (χ3v) is 13.2. The van der Waals surface area contributed by atoms with E-state index in [0.717, 1.165) is 12.8 Å². The molecule has 0 unspecified atom stereocenters. The first-order valence-corrected chi connectivity index (χ1v) is 17.1. The zero-order valence-corrected chi connectivity index (χ0v) is 20.2. The molecule has 0 aromatic rings. The van der Waals surface area contributed by atoms with Gasteiger partial charge >= 0.3 is 140 Å². The molecule has 21 heavy (non-hydrogen) atoms. The van der Waals surface area contributed by atoms with Crippen LogP contribution in [0.3, 0.4) is 0 Å². The zero-order valence-electron chi connectivity index (χ0n) is 12.7. The average molecular weight is 478 g/mol. The molecule has 0 aliphatic heterocycles. The van der Waals surface area contributed by atoms with E-state index >= 15 is 0 Å². The van der Waals surface area contributed by atoms with Crippen LogP contribution in [0.25, 0.3) is 0 Å². The van der Waals surface area contributed by atoms with Gasteiger partial charge < -0.3 is 24.8 Å². The molecule has 0 atom stereocenters. The van der Waals surface area contributed by atoms with Crippen molar-refractivity contribution in [3.8, 4) is 0 Å². The minimum Gasteiger partial charge on any atom is -1.00 e. The number of rotatable bonds is 4. The van der Waals surface area contributed by atoms with Crippen molar-refractivity contribution in [3.63, 3.8) is 0 Å². The Labute approximate surface area is 163 Å². The molecule has 116 valence electrons. The van der Waals surface area contributed by atoms with Gasteiger partial charge in [-0.1, -0.05) is 0 Å². The molecule has 0 saturated heterocycles. The first kappa shape index (κ1) is 22.4. The Morgan fingerprint density at radius 3 is 1.43 bits per heavy atom. The molecule has 0 bridgehead atoms. The monoisotopic (exact) mass is 474 g/mol. The molecular weight excluding hydrogens is 457 g/mol. The Bertz CT molecular complexity index is 462. The van der Waals surface area contributed by atoms with Crippen molar-refractivity contribution >= 4 is 36.9 Å². The van der Waals surface area contributed by atoms with Gasteiger partial charge in [0.15, 0.2) is 0 Å². The third kappa shape index (κ3) is 5.78. The fraction of sp³-hybridized carbons (Fsp3) is 0.429. The summed E-state index contributed by atoms with van der Waals surface area (Å²) in [5, 5.41) is 3.02. The van der Waals surface area contributed by atoms with Crippen LogP contribution in [0.15, 0.2) is 41.3 Å². The van der Waals surface area contributed by atoms with Crippen LogP contribution in [0.2, 0.25) is 26.2 Å². The molecule has 7 heteroatoms. The molecule has 0 aromatic heterocycles. The van der Waals surface area contributed by atoms with Gasteiger partial charge in [-0.15, -0.1) is 0 Å². The van der Waals surface area contributed by atoms with E-state index in [1.54, 1.807) is 6.56 Å². The van der Waals surface area contributed by atoms with Gasteiger partial charge in [0.2, 0.25) is 0 Å². The molecule has 0 N–H and O–H groups in total. The summed E-state index contributed by atoms with van der Waals surface area (Å²) in [4.78, 5) is 0. The molecule has 0 amide bonds. The normalized spacial score (nSPS) is 17.8. The minimum atomic E-state index is -1.68. The summed E-state index contributed by atoms with van der Waals surface area (Å²) in [5.74, 6) is 0. The van der Waals surface area contributed by atoms with Gasteiger partial charge in [0.25, 0.3) is 0 Å². The summed E-state index contributed by atoms with van der Waals surface area (Å²) in [5.41, 5.74) is 0. The molecule has 0 heterocycles. The van der Waals surface area contributed by atoms with E-state index in [9.17, 15) is 0 Å². The van der Waals surface area contributed by atoms with E-state index in [-0.39, 0.29) is 24.8 Å². The van der Waals surface area contributed by atoms with Crippen LogP contribution in [0, 0.1) is 0 Å². The van der Waals surface area contributed by atoms with E-state index in [0.29, 0.717) is 0 Å². The standard InChI is InChI=1S/2C7H10ClSi.2ClH.Zr/c2*1-9(2,8)7-5-3-4-6-7;;;/h2*3,5H,4H2,1-2H3;2*1H;/q;;;;+2/p-2. The Morgan fingerprint density at radius 2 is 1.14 bits per heavy atom. The van der Waals surface area contributed by atoms with Crippen LogP contribution >= 0.6 is 22.2 Å². The molecular formula is C14H20Cl4Si2Zr. The molecule has 2 aliphatic rings. The van der Waals surface area contributed by atoms with Crippen LogP contribution in [0.1, 0.15) is 12.8 Å². The van der Waals surface area contributed by atoms with Crippen LogP contribution in [-0.4, -0.2) is 14.8 Å². The maximum atomic E-state index is 6.65. The zero-order chi connectivity index (χ0) is 14.3. The van der Waals surface area contributed by atoms with Crippen molar-refractivity contribution in [3.05, 3.63) is 41.3 Å². The number of hydrogen-bond acceptors (Lipinski definition) is 0. The summed E-state index contributed by atoms with van der Waals surface area (Å²) in [6.07, 6.45) is 11.5. The van der Waals surface area contributed by atoms with Gasteiger partial charge in [0, 0.05) is 0 Å². The minimum absolute atomic E-state index is 0. The van der Waals surface area contributed by atoms with E-state index in [4.69, 9.17) is 22.2 Å². The van der Waals surface area contributed by atoms with Crippen molar-refractivity contribution in [1.82, 2.24) is 0 Å². The fourth-order valence-electron chi connectivity index (χ4n) is 2.54.